The molecule has 0 fully saturated rings. The number of aryl methyl sites for hydroxylation is 1. The summed E-state index contributed by atoms with van der Waals surface area (Å²) in [7, 11) is -3.62. The molecule has 1 amide bonds. The second-order valence-electron chi connectivity index (χ2n) is 7.87. The molecule has 0 radical (unpaired) electrons. The minimum absolute atomic E-state index is 0.299. The summed E-state index contributed by atoms with van der Waals surface area (Å²) in [6.45, 7) is 6.34. The van der Waals surface area contributed by atoms with Crippen molar-refractivity contribution in [2.24, 2.45) is 0 Å². The SMILES string of the molecule is Cc1ccccc1N(CC(=O)Nc1cccc(Cn2ccnc2C(C)C)c1)S(C)(=O)=O. The lowest BCUT2D eigenvalue weighted by Gasteiger charge is -2.23. The summed E-state index contributed by atoms with van der Waals surface area (Å²) in [4.78, 5) is 17.1. The van der Waals surface area contributed by atoms with Gasteiger partial charge < -0.3 is 9.88 Å². The van der Waals surface area contributed by atoms with Crippen molar-refractivity contribution in [1.82, 2.24) is 9.55 Å². The van der Waals surface area contributed by atoms with Gasteiger partial charge in [0.15, 0.2) is 0 Å². The van der Waals surface area contributed by atoms with Crippen LogP contribution in [0.25, 0.3) is 0 Å². The van der Waals surface area contributed by atoms with Crippen molar-refractivity contribution in [1.29, 1.82) is 0 Å². The summed E-state index contributed by atoms with van der Waals surface area (Å²) in [5.74, 6) is 0.897. The average molecular weight is 441 g/mol. The van der Waals surface area contributed by atoms with Gasteiger partial charge in [-0.25, -0.2) is 13.4 Å². The number of carbonyl (C=O) groups is 1. The van der Waals surface area contributed by atoms with E-state index in [2.05, 4.69) is 28.7 Å². The third kappa shape index (κ3) is 5.73. The number of sulfonamides is 1. The van der Waals surface area contributed by atoms with Crippen LogP contribution in [-0.4, -0.2) is 36.7 Å². The van der Waals surface area contributed by atoms with Crippen molar-refractivity contribution >= 4 is 27.3 Å². The van der Waals surface area contributed by atoms with Crippen LogP contribution in [0, 0.1) is 6.92 Å². The van der Waals surface area contributed by atoms with Gasteiger partial charge in [0.2, 0.25) is 15.9 Å². The highest BCUT2D eigenvalue weighted by Crippen LogP contribution is 2.22. The molecule has 31 heavy (non-hydrogen) atoms. The van der Waals surface area contributed by atoms with E-state index in [4.69, 9.17) is 0 Å². The fourth-order valence-electron chi connectivity index (χ4n) is 3.45. The lowest BCUT2D eigenvalue weighted by Crippen LogP contribution is -2.37. The minimum atomic E-state index is -3.62. The number of benzene rings is 2. The number of imidazole rings is 1. The van der Waals surface area contributed by atoms with E-state index in [9.17, 15) is 13.2 Å². The summed E-state index contributed by atoms with van der Waals surface area (Å²) < 4.78 is 27.9. The Morgan fingerprint density at radius 2 is 1.90 bits per heavy atom. The zero-order valence-electron chi connectivity index (χ0n) is 18.2. The van der Waals surface area contributed by atoms with E-state index in [0.29, 0.717) is 23.8 Å². The van der Waals surface area contributed by atoms with Crippen LogP contribution in [0.15, 0.2) is 60.9 Å². The van der Waals surface area contributed by atoms with E-state index < -0.39 is 15.9 Å². The van der Waals surface area contributed by atoms with Crippen LogP contribution in [0.2, 0.25) is 0 Å². The lowest BCUT2D eigenvalue weighted by molar-refractivity contribution is -0.114. The zero-order chi connectivity index (χ0) is 22.6. The molecule has 0 aliphatic heterocycles. The van der Waals surface area contributed by atoms with Crippen LogP contribution in [0.5, 0.6) is 0 Å². The van der Waals surface area contributed by atoms with Gasteiger partial charge in [-0.15, -0.1) is 0 Å². The minimum Gasteiger partial charge on any atom is -0.330 e. The van der Waals surface area contributed by atoms with Crippen molar-refractivity contribution in [3.8, 4) is 0 Å². The fraction of sp³-hybridized carbons (Fsp3) is 0.304. The van der Waals surface area contributed by atoms with Crippen LogP contribution in [-0.2, 0) is 21.4 Å². The first-order chi connectivity index (χ1) is 14.6. The van der Waals surface area contributed by atoms with E-state index in [1.54, 1.807) is 24.4 Å². The number of nitrogens with one attached hydrogen (secondary N) is 1. The topological polar surface area (TPSA) is 84.3 Å². The average Bonchev–Trinajstić information content (AvgIpc) is 3.15. The van der Waals surface area contributed by atoms with E-state index in [0.717, 1.165) is 27.5 Å². The number of hydrogen-bond donors (Lipinski definition) is 1. The van der Waals surface area contributed by atoms with E-state index >= 15 is 0 Å². The predicted molar refractivity (Wildman–Crippen MR) is 124 cm³/mol. The third-order valence-corrected chi connectivity index (χ3v) is 6.03. The molecule has 0 saturated carbocycles. The Balaban J connectivity index is 1.75. The molecular formula is C23H28N4O3S. The van der Waals surface area contributed by atoms with Crippen molar-refractivity contribution in [3.63, 3.8) is 0 Å². The molecule has 1 heterocycles. The quantitative estimate of drug-likeness (QED) is 0.578. The number of carbonyl (C=O) groups excluding carboxylic acids is 1. The van der Waals surface area contributed by atoms with Gasteiger partial charge >= 0.3 is 0 Å². The van der Waals surface area contributed by atoms with Gasteiger partial charge in [-0.1, -0.05) is 44.2 Å². The fourth-order valence-corrected chi connectivity index (χ4v) is 4.37. The highest BCUT2D eigenvalue weighted by molar-refractivity contribution is 7.92. The molecule has 0 bridgehead atoms. The molecule has 0 aliphatic rings. The number of amides is 1. The maximum absolute atomic E-state index is 12.7. The Bertz CT molecular complexity index is 1170. The van der Waals surface area contributed by atoms with E-state index in [1.165, 1.54) is 0 Å². The molecule has 0 saturated heterocycles. The number of nitrogens with zero attached hydrogens (tertiary/aromatic N) is 3. The van der Waals surface area contributed by atoms with Crippen LogP contribution in [0.3, 0.4) is 0 Å². The van der Waals surface area contributed by atoms with Crippen molar-refractivity contribution < 1.29 is 13.2 Å². The smallest absolute Gasteiger partial charge is 0.245 e. The highest BCUT2D eigenvalue weighted by Gasteiger charge is 2.22. The standard InChI is InChI=1S/C23H28N4O3S/c1-17(2)23-24-12-13-26(23)15-19-9-7-10-20(14-19)25-22(28)16-27(31(4,29)30)21-11-6-5-8-18(21)3/h5-14,17H,15-16H2,1-4H3,(H,25,28). The summed E-state index contributed by atoms with van der Waals surface area (Å²) in [5.41, 5.74) is 2.91. The highest BCUT2D eigenvalue weighted by atomic mass is 32.2. The maximum Gasteiger partial charge on any atom is 0.245 e. The van der Waals surface area contributed by atoms with E-state index in [1.807, 2.05) is 43.5 Å². The van der Waals surface area contributed by atoms with Gasteiger partial charge in [-0.2, -0.15) is 0 Å². The summed E-state index contributed by atoms with van der Waals surface area (Å²) >= 11 is 0. The molecule has 2 aromatic carbocycles. The second kappa shape index (κ2) is 9.34. The first-order valence-corrected chi connectivity index (χ1v) is 11.9. The van der Waals surface area contributed by atoms with Crippen molar-refractivity contribution in [2.75, 3.05) is 22.4 Å². The van der Waals surface area contributed by atoms with Crippen LogP contribution in [0.1, 0.15) is 36.7 Å². The maximum atomic E-state index is 12.7. The van der Waals surface area contributed by atoms with Crippen molar-refractivity contribution in [2.45, 2.75) is 33.2 Å². The Labute approximate surface area is 183 Å². The first-order valence-electron chi connectivity index (χ1n) is 10.1. The van der Waals surface area contributed by atoms with Gasteiger partial charge in [-0.3, -0.25) is 9.10 Å². The molecule has 164 valence electrons. The Hall–Kier alpha value is -3.13. The number of para-hydroxylation sites is 1. The van der Waals surface area contributed by atoms with Crippen LogP contribution < -0.4 is 9.62 Å². The molecule has 7 nitrogen and oxygen atoms in total. The van der Waals surface area contributed by atoms with Crippen LogP contribution >= 0.6 is 0 Å². The zero-order valence-corrected chi connectivity index (χ0v) is 19.1. The molecular weight excluding hydrogens is 412 g/mol. The molecule has 3 rings (SSSR count). The monoisotopic (exact) mass is 440 g/mol. The van der Waals surface area contributed by atoms with Crippen LogP contribution in [0.4, 0.5) is 11.4 Å². The molecule has 3 aromatic rings. The molecule has 8 heteroatoms. The lowest BCUT2D eigenvalue weighted by atomic mass is 10.1. The largest absolute Gasteiger partial charge is 0.330 e. The molecule has 0 spiro atoms. The number of anilines is 2. The van der Waals surface area contributed by atoms with Gasteiger partial charge in [0.05, 0.1) is 11.9 Å². The number of rotatable bonds is 8. The Kier molecular flexibility index (Phi) is 6.80. The molecule has 0 aliphatic carbocycles. The number of hydrogen-bond acceptors (Lipinski definition) is 4. The molecule has 1 N–H and O–H groups in total. The Morgan fingerprint density at radius 3 is 2.58 bits per heavy atom. The third-order valence-electron chi connectivity index (χ3n) is 4.90. The Morgan fingerprint density at radius 1 is 1.16 bits per heavy atom. The summed E-state index contributed by atoms with van der Waals surface area (Å²) in [6.07, 6.45) is 4.82. The molecule has 1 aromatic heterocycles. The first kappa shape index (κ1) is 22.6. The van der Waals surface area contributed by atoms with Gasteiger partial charge in [0.25, 0.3) is 0 Å². The summed E-state index contributed by atoms with van der Waals surface area (Å²) in [6, 6.07) is 14.6. The summed E-state index contributed by atoms with van der Waals surface area (Å²) in [5, 5.41) is 2.82. The van der Waals surface area contributed by atoms with Gasteiger partial charge in [-0.05, 0) is 36.2 Å². The van der Waals surface area contributed by atoms with Crippen molar-refractivity contribution in [3.05, 3.63) is 77.9 Å². The second-order valence-corrected chi connectivity index (χ2v) is 9.78. The van der Waals surface area contributed by atoms with E-state index in [-0.39, 0.29) is 6.54 Å². The molecule has 0 unspecified atom stereocenters. The van der Waals surface area contributed by atoms with Gasteiger partial charge in [0.1, 0.15) is 12.4 Å². The normalized spacial score (nSPS) is 11.5. The molecule has 0 atom stereocenters. The number of aromatic nitrogens is 2. The predicted octanol–water partition coefficient (Wildman–Crippen LogP) is 3.77. The van der Waals surface area contributed by atoms with Gasteiger partial charge in [0, 0.05) is 30.5 Å².